The fourth-order valence-corrected chi connectivity index (χ4v) is 1.86. The zero-order valence-electron chi connectivity index (χ0n) is 10.9. The molecule has 0 amide bonds. The first-order valence-corrected chi connectivity index (χ1v) is 6.16. The van der Waals surface area contributed by atoms with Crippen LogP contribution in [0.2, 0.25) is 0 Å². The van der Waals surface area contributed by atoms with Gasteiger partial charge in [0.25, 0.3) is 0 Å². The first-order chi connectivity index (χ1) is 9.47. The van der Waals surface area contributed by atoms with Gasteiger partial charge in [-0.25, -0.2) is 8.78 Å². The lowest BCUT2D eigenvalue weighted by Crippen LogP contribution is -2.18. The van der Waals surface area contributed by atoms with Gasteiger partial charge in [0.1, 0.15) is 11.5 Å². The van der Waals surface area contributed by atoms with Crippen molar-refractivity contribution in [1.82, 2.24) is 5.32 Å². The molecule has 0 radical (unpaired) electrons. The first kappa shape index (κ1) is 14.3. The molecule has 0 bridgehead atoms. The Kier molecular flexibility index (Phi) is 4.20. The fraction of sp³-hybridized carbons (Fsp3) is 0.200. The number of hydrogen-bond donors (Lipinski definition) is 3. The zero-order valence-corrected chi connectivity index (χ0v) is 10.9. The summed E-state index contributed by atoms with van der Waals surface area (Å²) >= 11 is 0. The molecular formula is C15H15F2NO2. The molecule has 0 spiro atoms. The van der Waals surface area contributed by atoms with Gasteiger partial charge >= 0.3 is 0 Å². The van der Waals surface area contributed by atoms with Crippen LogP contribution < -0.4 is 5.32 Å². The molecule has 3 nitrogen and oxygen atoms in total. The molecule has 0 saturated carbocycles. The van der Waals surface area contributed by atoms with Gasteiger partial charge in [0.2, 0.25) is 0 Å². The SMILES string of the molecule is CC(NCc1ccc(O)cc1O)c1ccc(F)c(F)c1. The largest absolute Gasteiger partial charge is 0.508 e. The molecule has 106 valence electrons. The summed E-state index contributed by atoms with van der Waals surface area (Å²) in [5.74, 6) is -1.80. The van der Waals surface area contributed by atoms with E-state index in [9.17, 15) is 19.0 Å². The maximum Gasteiger partial charge on any atom is 0.159 e. The number of rotatable bonds is 4. The molecule has 2 rings (SSSR count). The van der Waals surface area contributed by atoms with Crippen LogP contribution in [0.5, 0.6) is 11.5 Å². The van der Waals surface area contributed by atoms with Crippen molar-refractivity contribution in [3.8, 4) is 11.5 Å². The van der Waals surface area contributed by atoms with Crippen molar-refractivity contribution in [2.45, 2.75) is 19.5 Å². The minimum Gasteiger partial charge on any atom is -0.508 e. The van der Waals surface area contributed by atoms with Gasteiger partial charge in [-0.1, -0.05) is 12.1 Å². The summed E-state index contributed by atoms with van der Waals surface area (Å²) in [7, 11) is 0. The zero-order chi connectivity index (χ0) is 14.7. The molecular weight excluding hydrogens is 264 g/mol. The van der Waals surface area contributed by atoms with E-state index in [0.29, 0.717) is 17.7 Å². The second-order valence-electron chi connectivity index (χ2n) is 4.59. The minimum absolute atomic E-state index is 0.0140. The molecule has 2 aromatic rings. The number of phenols is 2. The van der Waals surface area contributed by atoms with Crippen molar-refractivity contribution in [2.75, 3.05) is 0 Å². The lowest BCUT2D eigenvalue weighted by molar-refractivity contribution is 0.441. The van der Waals surface area contributed by atoms with Crippen molar-refractivity contribution in [3.05, 3.63) is 59.2 Å². The maximum atomic E-state index is 13.1. The Labute approximate surface area is 115 Å². The third-order valence-electron chi connectivity index (χ3n) is 3.11. The van der Waals surface area contributed by atoms with Crippen molar-refractivity contribution >= 4 is 0 Å². The third kappa shape index (κ3) is 3.24. The van der Waals surface area contributed by atoms with Crippen molar-refractivity contribution < 1.29 is 19.0 Å². The van der Waals surface area contributed by atoms with Gasteiger partial charge in [0.05, 0.1) is 0 Å². The van der Waals surface area contributed by atoms with Crippen LogP contribution in [0.4, 0.5) is 8.78 Å². The average molecular weight is 279 g/mol. The Morgan fingerprint density at radius 2 is 1.80 bits per heavy atom. The van der Waals surface area contributed by atoms with E-state index in [1.54, 1.807) is 6.07 Å². The molecule has 0 heterocycles. The van der Waals surface area contributed by atoms with Gasteiger partial charge in [0.15, 0.2) is 11.6 Å². The van der Waals surface area contributed by atoms with Gasteiger partial charge in [0, 0.05) is 24.2 Å². The molecule has 0 aliphatic rings. The van der Waals surface area contributed by atoms with Crippen LogP contribution in [0.25, 0.3) is 0 Å². The van der Waals surface area contributed by atoms with E-state index in [0.717, 1.165) is 12.1 Å². The molecule has 0 aliphatic heterocycles. The lowest BCUT2D eigenvalue weighted by Gasteiger charge is -2.15. The van der Waals surface area contributed by atoms with Crippen LogP contribution >= 0.6 is 0 Å². The molecule has 0 saturated heterocycles. The second kappa shape index (κ2) is 5.88. The van der Waals surface area contributed by atoms with E-state index in [-0.39, 0.29) is 17.5 Å². The molecule has 20 heavy (non-hydrogen) atoms. The van der Waals surface area contributed by atoms with Crippen LogP contribution in [-0.4, -0.2) is 10.2 Å². The topological polar surface area (TPSA) is 52.5 Å². The van der Waals surface area contributed by atoms with E-state index in [4.69, 9.17) is 0 Å². The first-order valence-electron chi connectivity index (χ1n) is 6.16. The van der Waals surface area contributed by atoms with Gasteiger partial charge in [-0.15, -0.1) is 0 Å². The molecule has 5 heteroatoms. The van der Waals surface area contributed by atoms with E-state index in [1.807, 2.05) is 6.92 Å². The highest BCUT2D eigenvalue weighted by atomic mass is 19.2. The summed E-state index contributed by atoms with van der Waals surface area (Å²) in [6.45, 7) is 2.15. The summed E-state index contributed by atoms with van der Waals surface area (Å²) in [6, 6.07) is 7.84. The Morgan fingerprint density at radius 1 is 1.05 bits per heavy atom. The quantitative estimate of drug-likeness (QED) is 0.805. The van der Waals surface area contributed by atoms with Gasteiger partial charge in [-0.3, -0.25) is 0 Å². The number of phenolic OH excluding ortho intramolecular Hbond substituents is 2. The van der Waals surface area contributed by atoms with Crippen LogP contribution in [-0.2, 0) is 6.54 Å². The van der Waals surface area contributed by atoms with Crippen molar-refractivity contribution in [3.63, 3.8) is 0 Å². The normalized spacial score (nSPS) is 12.3. The number of halogens is 2. The number of benzene rings is 2. The van der Waals surface area contributed by atoms with Crippen LogP contribution in [0.3, 0.4) is 0 Å². The Balaban J connectivity index is 2.04. The van der Waals surface area contributed by atoms with Gasteiger partial charge in [-0.05, 0) is 30.7 Å². The number of nitrogens with one attached hydrogen (secondary N) is 1. The smallest absolute Gasteiger partial charge is 0.159 e. The molecule has 1 unspecified atom stereocenters. The molecule has 0 aromatic heterocycles. The molecule has 0 fully saturated rings. The summed E-state index contributed by atoms with van der Waals surface area (Å²) in [5, 5.41) is 21.9. The summed E-state index contributed by atoms with van der Waals surface area (Å²) < 4.78 is 26.0. The average Bonchev–Trinajstić information content (AvgIpc) is 2.40. The highest BCUT2D eigenvalue weighted by Gasteiger charge is 2.10. The Morgan fingerprint density at radius 3 is 2.45 bits per heavy atom. The Hall–Kier alpha value is -2.14. The Bertz CT molecular complexity index is 617. The molecule has 1 atom stereocenters. The second-order valence-corrected chi connectivity index (χ2v) is 4.59. The minimum atomic E-state index is -0.886. The third-order valence-corrected chi connectivity index (χ3v) is 3.11. The van der Waals surface area contributed by atoms with Crippen LogP contribution in [0, 0.1) is 11.6 Å². The van der Waals surface area contributed by atoms with E-state index in [2.05, 4.69) is 5.32 Å². The van der Waals surface area contributed by atoms with E-state index >= 15 is 0 Å². The molecule has 2 aromatic carbocycles. The monoisotopic (exact) mass is 279 g/mol. The van der Waals surface area contributed by atoms with Gasteiger partial charge < -0.3 is 15.5 Å². The summed E-state index contributed by atoms with van der Waals surface area (Å²) in [6.07, 6.45) is 0. The molecule has 3 N–H and O–H groups in total. The van der Waals surface area contributed by atoms with Gasteiger partial charge in [-0.2, -0.15) is 0 Å². The number of hydrogen-bond acceptors (Lipinski definition) is 3. The van der Waals surface area contributed by atoms with E-state index in [1.165, 1.54) is 18.2 Å². The maximum absolute atomic E-state index is 13.1. The van der Waals surface area contributed by atoms with E-state index < -0.39 is 11.6 Å². The fourth-order valence-electron chi connectivity index (χ4n) is 1.86. The lowest BCUT2D eigenvalue weighted by atomic mass is 10.1. The predicted molar refractivity (Wildman–Crippen MR) is 71.4 cm³/mol. The molecule has 0 aliphatic carbocycles. The van der Waals surface area contributed by atoms with Crippen molar-refractivity contribution in [2.24, 2.45) is 0 Å². The van der Waals surface area contributed by atoms with Crippen LogP contribution in [0.15, 0.2) is 36.4 Å². The summed E-state index contributed by atoms with van der Waals surface area (Å²) in [5.41, 5.74) is 1.22. The predicted octanol–water partition coefficient (Wildman–Crippen LogP) is 3.23. The highest BCUT2D eigenvalue weighted by Crippen LogP contribution is 2.23. The van der Waals surface area contributed by atoms with Crippen LogP contribution in [0.1, 0.15) is 24.1 Å². The van der Waals surface area contributed by atoms with Crippen molar-refractivity contribution in [1.29, 1.82) is 0 Å². The number of aromatic hydroxyl groups is 2. The standard InChI is InChI=1S/C15H15F2NO2/c1-9(10-3-5-13(16)14(17)6-10)18-8-11-2-4-12(19)7-15(11)20/h2-7,9,18-20H,8H2,1H3. The highest BCUT2D eigenvalue weighted by molar-refractivity contribution is 5.38. The summed E-state index contributed by atoms with van der Waals surface area (Å²) in [4.78, 5) is 0.